The summed E-state index contributed by atoms with van der Waals surface area (Å²) in [5.41, 5.74) is 2.38. The fraction of sp³-hybridized carbons (Fsp3) is 0.421. The highest BCUT2D eigenvalue weighted by molar-refractivity contribution is 7.14. The summed E-state index contributed by atoms with van der Waals surface area (Å²) in [7, 11) is 0. The lowest BCUT2D eigenvalue weighted by molar-refractivity contribution is 0.0954. The van der Waals surface area contributed by atoms with E-state index in [1.165, 1.54) is 16.9 Å². The van der Waals surface area contributed by atoms with Crippen LogP contribution in [0.3, 0.4) is 0 Å². The Balaban J connectivity index is 1.42. The summed E-state index contributed by atoms with van der Waals surface area (Å²) in [6, 6.07) is 7.89. The van der Waals surface area contributed by atoms with Gasteiger partial charge in [0.05, 0.1) is 4.88 Å². The first-order valence-corrected chi connectivity index (χ1v) is 9.29. The van der Waals surface area contributed by atoms with Crippen LogP contribution in [-0.4, -0.2) is 19.1 Å². The van der Waals surface area contributed by atoms with Crippen LogP contribution in [-0.2, 0) is 19.4 Å². The van der Waals surface area contributed by atoms with Crippen LogP contribution in [0.15, 0.2) is 24.3 Å². The van der Waals surface area contributed by atoms with Gasteiger partial charge in [-0.3, -0.25) is 4.79 Å². The van der Waals surface area contributed by atoms with E-state index in [-0.39, 0.29) is 5.91 Å². The van der Waals surface area contributed by atoms with Crippen molar-refractivity contribution in [3.8, 4) is 11.5 Å². The molecular formula is C19H21NO3S. The Morgan fingerprint density at radius 2 is 2.08 bits per heavy atom. The number of aryl methyl sites for hydroxylation is 1. The zero-order valence-corrected chi connectivity index (χ0v) is 14.6. The summed E-state index contributed by atoms with van der Waals surface area (Å²) >= 11 is 1.65. The van der Waals surface area contributed by atoms with Crippen LogP contribution in [0, 0.1) is 5.92 Å². The van der Waals surface area contributed by atoms with Gasteiger partial charge in [-0.2, -0.15) is 0 Å². The number of rotatable bonds is 3. The van der Waals surface area contributed by atoms with E-state index in [4.69, 9.17) is 9.47 Å². The van der Waals surface area contributed by atoms with E-state index in [1.54, 1.807) is 11.3 Å². The summed E-state index contributed by atoms with van der Waals surface area (Å²) in [5, 5.41) is 3.02. The van der Waals surface area contributed by atoms with Gasteiger partial charge in [0, 0.05) is 11.4 Å². The average molecular weight is 343 g/mol. The van der Waals surface area contributed by atoms with E-state index < -0.39 is 0 Å². The second kappa shape index (κ2) is 6.48. The maximum absolute atomic E-state index is 12.4. The van der Waals surface area contributed by atoms with Gasteiger partial charge in [-0.25, -0.2) is 0 Å². The number of fused-ring (bicyclic) bond motifs is 2. The van der Waals surface area contributed by atoms with Gasteiger partial charge in [-0.1, -0.05) is 13.0 Å². The molecule has 126 valence electrons. The number of ether oxygens (including phenoxy) is 2. The maximum Gasteiger partial charge on any atom is 0.261 e. The fourth-order valence-electron chi connectivity index (χ4n) is 3.28. The Kier molecular flexibility index (Phi) is 4.19. The molecule has 1 aliphatic heterocycles. The van der Waals surface area contributed by atoms with E-state index in [2.05, 4.69) is 18.3 Å². The molecular weight excluding hydrogens is 322 g/mol. The van der Waals surface area contributed by atoms with Gasteiger partial charge >= 0.3 is 0 Å². The number of nitrogens with one attached hydrogen (secondary N) is 1. The first kappa shape index (κ1) is 15.5. The molecule has 1 aromatic carbocycles. The molecule has 0 saturated heterocycles. The normalized spacial score (nSPS) is 18.8. The highest BCUT2D eigenvalue weighted by atomic mass is 32.1. The van der Waals surface area contributed by atoms with E-state index in [0.29, 0.717) is 19.8 Å². The molecule has 2 heterocycles. The Labute approximate surface area is 145 Å². The number of benzene rings is 1. The fourth-order valence-corrected chi connectivity index (χ4v) is 4.41. The van der Waals surface area contributed by atoms with E-state index >= 15 is 0 Å². The van der Waals surface area contributed by atoms with Crippen molar-refractivity contribution >= 4 is 17.2 Å². The van der Waals surface area contributed by atoms with Gasteiger partial charge in [0.1, 0.15) is 13.2 Å². The van der Waals surface area contributed by atoms with E-state index in [1.807, 2.05) is 18.2 Å². The number of carbonyl (C=O) groups excluding carboxylic acids is 1. The number of carbonyl (C=O) groups is 1. The molecule has 4 rings (SSSR count). The van der Waals surface area contributed by atoms with Crippen LogP contribution >= 0.6 is 11.3 Å². The minimum Gasteiger partial charge on any atom is -0.486 e. The van der Waals surface area contributed by atoms with Crippen LogP contribution in [0.1, 0.15) is 39.0 Å². The quantitative estimate of drug-likeness (QED) is 0.927. The summed E-state index contributed by atoms with van der Waals surface area (Å²) in [6.45, 7) is 3.93. The molecule has 0 radical (unpaired) electrons. The highest BCUT2D eigenvalue weighted by Crippen LogP contribution is 2.33. The molecule has 1 unspecified atom stereocenters. The van der Waals surface area contributed by atoms with Crippen LogP contribution in [0.25, 0.3) is 0 Å². The summed E-state index contributed by atoms with van der Waals surface area (Å²) in [5.74, 6) is 2.27. The minimum atomic E-state index is 0.0111. The number of hydrogen-bond acceptors (Lipinski definition) is 4. The maximum atomic E-state index is 12.4. The van der Waals surface area contributed by atoms with Gasteiger partial charge in [0.15, 0.2) is 11.5 Å². The Morgan fingerprint density at radius 1 is 1.25 bits per heavy atom. The third-order valence-electron chi connectivity index (χ3n) is 4.61. The first-order chi connectivity index (χ1) is 11.7. The van der Waals surface area contributed by atoms with Crippen molar-refractivity contribution < 1.29 is 14.3 Å². The summed E-state index contributed by atoms with van der Waals surface area (Å²) in [4.78, 5) is 14.7. The van der Waals surface area contributed by atoms with Crippen molar-refractivity contribution in [3.05, 3.63) is 45.1 Å². The molecule has 1 aliphatic carbocycles. The monoisotopic (exact) mass is 343 g/mol. The summed E-state index contributed by atoms with van der Waals surface area (Å²) in [6.07, 6.45) is 3.43. The van der Waals surface area contributed by atoms with Crippen LogP contribution in [0.2, 0.25) is 0 Å². The zero-order chi connectivity index (χ0) is 16.5. The van der Waals surface area contributed by atoms with Gasteiger partial charge in [-0.15, -0.1) is 11.3 Å². The second-order valence-corrected chi connectivity index (χ2v) is 7.70. The van der Waals surface area contributed by atoms with E-state index in [0.717, 1.165) is 40.7 Å². The topological polar surface area (TPSA) is 47.6 Å². The molecule has 0 bridgehead atoms. The molecule has 0 saturated carbocycles. The molecule has 1 N–H and O–H groups in total. The van der Waals surface area contributed by atoms with Crippen LogP contribution in [0.4, 0.5) is 0 Å². The Bertz CT molecular complexity index is 768. The molecule has 0 fully saturated rings. The lowest BCUT2D eigenvalue weighted by atomic mass is 9.90. The third-order valence-corrected chi connectivity index (χ3v) is 5.85. The van der Waals surface area contributed by atoms with Crippen molar-refractivity contribution in [1.29, 1.82) is 0 Å². The largest absolute Gasteiger partial charge is 0.486 e. The molecule has 0 spiro atoms. The number of thiophene rings is 1. The second-order valence-electron chi connectivity index (χ2n) is 6.57. The van der Waals surface area contributed by atoms with Gasteiger partial charge in [-0.05, 0) is 54.5 Å². The molecule has 4 nitrogen and oxygen atoms in total. The number of amides is 1. The van der Waals surface area contributed by atoms with Crippen LogP contribution in [0.5, 0.6) is 11.5 Å². The molecule has 5 heteroatoms. The van der Waals surface area contributed by atoms with Crippen LogP contribution < -0.4 is 14.8 Å². The van der Waals surface area contributed by atoms with E-state index in [9.17, 15) is 4.79 Å². The molecule has 2 aliphatic rings. The van der Waals surface area contributed by atoms with Gasteiger partial charge in [0.25, 0.3) is 5.91 Å². The minimum absolute atomic E-state index is 0.0111. The molecule has 1 amide bonds. The predicted molar refractivity (Wildman–Crippen MR) is 94.1 cm³/mol. The molecule has 1 aromatic heterocycles. The van der Waals surface area contributed by atoms with Gasteiger partial charge in [0.2, 0.25) is 0 Å². The molecule has 1 atom stereocenters. The third kappa shape index (κ3) is 3.13. The zero-order valence-electron chi connectivity index (χ0n) is 13.8. The van der Waals surface area contributed by atoms with Crippen molar-refractivity contribution in [2.75, 3.05) is 13.2 Å². The summed E-state index contributed by atoms with van der Waals surface area (Å²) < 4.78 is 11.1. The molecule has 2 aromatic rings. The SMILES string of the molecule is CC1CCc2sc(C(=O)NCc3ccc4c(c3)OCCO4)cc2C1. The predicted octanol–water partition coefficient (Wildman–Crippen LogP) is 3.57. The standard InChI is InChI=1S/C19H21NO3S/c1-12-2-5-17-14(8-12)10-18(24-17)19(21)20-11-13-3-4-15-16(9-13)23-7-6-22-15/h3-4,9-10,12H,2,5-8,11H2,1H3,(H,20,21). The van der Waals surface area contributed by atoms with Crippen molar-refractivity contribution in [3.63, 3.8) is 0 Å². The molecule has 24 heavy (non-hydrogen) atoms. The first-order valence-electron chi connectivity index (χ1n) is 8.47. The van der Waals surface area contributed by atoms with Crippen molar-refractivity contribution in [2.24, 2.45) is 5.92 Å². The lowest BCUT2D eigenvalue weighted by Crippen LogP contribution is -2.22. The van der Waals surface area contributed by atoms with Crippen molar-refractivity contribution in [2.45, 2.75) is 32.7 Å². The Morgan fingerprint density at radius 3 is 2.96 bits per heavy atom. The number of hydrogen-bond donors (Lipinski definition) is 1. The average Bonchev–Trinajstić information content (AvgIpc) is 3.02. The van der Waals surface area contributed by atoms with Crippen molar-refractivity contribution in [1.82, 2.24) is 5.32 Å². The highest BCUT2D eigenvalue weighted by Gasteiger charge is 2.20. The Hall–Kier alpha value is -2.01. The smallest absolute Gasteiger partial charge is 0.261 e. The van der Waals surface area contributed by atoms with Gasteiger partial charge < -0.3 is 14.8 Å². The lowest BCUT2D eigenvalue weighted by Gasteiger charge is -2.18.